The molecule has 1 aromatic heterocycles. The Hall–Kier alpha value is -3.35. The van der Waals surface area contributed by atoms with E-state index in [0.717, 1.165) is 12.1 Å². The van der Waals surface area contributed by atoms with Gasteiger partial charge in [0.1, 0.15) is 11.5 Å². The number of hydrogen-bond acceptors (Lipinski definition) is 5. The Morgan fingerprint density at radius 3 is 2.47 bits per heavy atom. The smallest absolute Gasteiger partial charge is 0.229 e. The van der Waals surface area contributed by atoms with Crippen molar-refractivity contribution in [3.63, 3.8) is 0 Å². The summed E-state index contributed by atoms with van der Waals surface area (Å²) in [7, 11) is 3.11. The van der Waals surface area contributed by atoms with Crippen molar-refractivity contribution in [1.82, 2.24) is 10.3 Å². The number of methoxy groups -OCH3 is 2. The summed E-state index contributed by atoms with van der Waals surface area (Å²) >= 11 is 0. The van der Waals surface area contributed by atoms with Crippen molar-refractivity contribution in [2.24, 2.45) is 23.7 Å². The van der Waals surface area contributed by atoms with E-state index in [4.69, 9.17) is 9.47 Å². The molecule has 156 valence electrons. The number of carbonyl (C=O) groups excluding carboxylic acids is 2. The van der Waals surface area contributed by atoms with E-state index in [-0.39, 0.29) is 23.7 Å². The molecule has 4 rings (SSSR count). The van der Waals surface area contributed by atoms with Crippen molar-refractivity contribution in [1.29, 1.82) is 0 Å². The Kier molecular flexibility index (Phi) is 5.70. The Labute approximate surface area is 175 Å². The predicted molar refractivity (Wildman–Crippen MR) is 112 cm³/mol. The fourth-order valence-corrected chi connectivity index (χ4v) is 4.46. The Bertz CT molecular complexity index is 960. The number of aromatic nitrogens is 1. The Morgan fingerprint density at radius 1 is 1.03 bits per heavy atom. The van der Waals surface area contributed by atoms with Gasteiger partial charge in [0.05, 0.1) is 44.0 Å². The van der Waals surface area contributed by atoms with Crippen molar-refractivity contribution in [2.75, 3.05) is 19.5 Å². The number of nitrogens with one attached hydrogen (secondary N) is 2. The molecule has 0 aliphatic heterocycles. The number of carbonyl (C=O) groups is 2. The second-order valence-electron chi connectivity index (χ2n) is 7.59. The third-order valence-corrected chi connectivity index (χ3v) is 5.90. The summed E-state index contributed by atoms with van der Waals surface area (Å²) < 4.78 is 10.6. The molecule has 2 aliphatic carbocycles. The molecule has 0 radical (unpaired) electrons. The molecule has 2 amide bonds. The van der Waals surface area contributed by atoms with Crippen molar-refractivity contribution in [3.05, 3.63) is 60.4 Å². The van der Waals surface area contributed by atoms with Gasteiger partial charge in [0.25, 0.3) is 0 Å². The topological polar surface area (TPSA) is 89.5 Å². The molecule has 1 aromatic carbocycles. The lowest BCUT2D eigenvalue weighted by Crippen LogP contribution is -2.41. The second-order valence-corrected chi connectivity index (χ2v) is 7.59. The first-order valence-electron chi connectivity index (χ1n) is 9.99. The van der Waals surface area contributed by atoms with Gasteiger partial charge in [-0.15, -0.1) is 0 Å². The molecule has 4 atom stereocenters. The summed E-state index contributed by atoms with van der Waals surface area (Å²) in [5, 5.41) is 5.91. The van der Waals surface area contributed by atoms with E-state index >= 15 is 0 Å². The van der Waals surface area contributed by atoms with Crippen LogP contribution in [0.5, 0.6) is 11.5 Å². The van der Waals surface area contributed by atoms with Gasteiger partial charge < -0.3 is 20.1 Å². The van der Waals surface area contributed by atoms with Gasteiger partial charge in [-0.2, -0.15) is 0 Å². The van der Waals surface area contributed by atoms with E-state index in [0.29, 0.717) is 23.7 Å². The molecular weight excluding hydrogens is 382 g/mol. The molecule has 1 saturated carbocycles. The number of rotatable bonds is 7. The van der Waals surface area contributed by atoms with E-state index in [1.54, 1.807) is 38.6 Å². The molecule has 2 aliphatic rings. The molecule has 7 nitrogen and oxygen atoms in total. The van der Waals surface area contributed by atoms with Crippen LogP contribution in [-0.2, 0) is 16.1 Å². The van der Waals surface area contributed by atoms with Gasteiger partial charge in [-0.3, -0.25) is 14.6 Å². The lowest BCUT2D eigenvalue weighted by atomic mass is 9.81. The minimum atomic E-state index is -0.431. The third kappa shape index (κ3) is 3.87. The van der Waals surface area contributed by atoms with Crippen molar-refractivity contribution in [2.45, 2.75) is 13.0 Å². The fraction of sp³-hybridized carbons (Fsp3) is 0.348. The van der Waals surface area contributed by atoms with E-state index in [2.05, 4.69) is 27.8 Å². The van der Waals surface area contributed by atoms with Gasteiger partial charge in [-0.25, -0.2) is 0 Å². The summed E-state index contributed by atoms with van der Waals surface area (Å²) in [5.41, 5.74) is 1.31. The van der Waals surface area contributed by atoms with Gasteiger partial charge in [-0.05, 0) is 42.5 Å². The summed E-state index contributed by atoms with van der Waals surface area (Å²) in [5.74, 6) is 0.146. The minimum absolute atomic E-state index is 0.0530. The maximum atomic E-state index is 13.2. The van der Waals surface area contributed by atoms with Crippen LogP contribution in [0.4, 0.5) is 5.69 Å². The molecular formula is C23H25N3O4. The van der Waals surface area contributed by atoms with E-state index in [9.17, 15) is 9.59 Å². The standard InChI is InChI=1S/C23H25N3O4/c1-29-17-8-9-19(30-2)18(12-17)26-23(28)21-15-7-6-14(11-15)20(21)22(27)25-13-16-5-3-4-10-24-16/h3-10,12,14-15,20-21H,11,13H2,1-2H3,(H,25,27)(H,26,28)/t14-,15+,20-,21+/m0/s1. The highest BCUT2D eigenvalue weighted by molar-refractivity contribution is 5.98. The molecule has 0 spiro atoms. The lowest BCUT2D eigenvalue weighted by molar-refractivity contribution is -0.133. The van der Waals surface area contributed by atoms with Crippen LogP contribution in [0.15, 0.2) is 54.7 Å². The molecule has 0 unspecified atom stereocenters. The van der Waals surface area contributed by atoms with Crippen molar-refractivity contribution >= 4 is 17.5 Å². The van der Waals surface area contributed by atoms with E-state index in [1.165, 1.54) is 0 Å². The maximum Gasteiger partial charge on any atom is 0.229 e. The summed E-state index contributed by atoms with van der Waals surface area (Å²) in [6.07, 6.45) is 6.63. The molecule has 2 bridgehead atoms. The van der Waals surface area contributed by atoms with E-state index < -0.39 is 11.8 Å². The number of benzene rings is 1. The molecule has 30 heavy (non-hydrogen) atoms. The number of hydrogen-bond donors (Lipinski definition) is 2. The van der Waals surface area contributed by atoms with Crippen LogP contribution in [0.25, 0.3) is 0 Å². The number of fused-ring (bicyclic) bond motifs is 2. The third-order valence-electron chi connectivity index (χ3n) is 5.90. The first-order chi connectivity index (χ1) is 14.6. The molecule has 1 heterocycles. The van der Waals surface area contributed by atoms with Crippen molar-refractivity contribution in [3.8, 4) is 11.5 Å². The maximum absolute atomic E-state index is 13.2. The van der Waals surface area contributed by atoms with Crippen LogP contribution in [-0.4, -0.2) is 31.0 Å². The number of nitrogens with zero attached hydrogens (tertiary/aromatic N) is 1. The van der Waals surface area contributed by atoms with Gasteiger partial charge in [0, 0.05) is 12.3 Å². The summed E-state index contributed by atoms with van der Waals surface area (Å²) in [6.45, 7) is 0.343. The number of amides is 2. The van der Waals surface area contributed by atoms with Crippen LogP contribution in [0.3, 0.4) is 0 Å². The Balaban J connectivity index is 1.50. The second kappa shape index (κ2) is 8.57. The SMILES string of the molecule is COc1ccc(OC)c(NC(=O)[C@H]2[C@@H](C(=O)NCc3ccccn3)[C@H]3C=C[C@@H]2C3)c1. The number of allylic oxidation sites excluding steroid dienone is 2. The highest BCUT2D eigenvalue weighted by Crippen LogP contribution is 2.48. The normalized spacial score (nSPS) is 23.8. The number of anilines is 1. The zero-order valence-corrected chi connectivity index (χ0v) is 17.0. The Morgan fingerprint density at radius 2 is 1.80 bits per heavy atom. The number of ether oxygens (including phenoxy) is 2. The summed E-state index contributed by atoms with van der Waals surface area (Å²) in [4.78, 5) is 30.5. The number of pyridine rings is 1. The highest BCUT2D eigenvalue weighted by atomic mass is 16.5. The first kappa shape index (κ1) is 19.9. The van der Waals surface area contributed by atoms with Crippen LogP contribution in [0.2, 0.25) is 0 Å². The van der Waals surface area contributed by atoms with E-state index in [1.807, 2.05) is 18.2 Å². The lowest BCUT2D eigenvalue weighted by Gasteiger charge is -2.26. The fourth-order valence-electron chi connectivity index (χ4n) is 4.46. The molecule has 1 fully saturated rings. The van der Waals surface area contributed by atoms with Gasteiger partial charge in [0.15, 0.2) is 0 Å². The zero-order valence-electron chi connectivity index (χ0n) is 17.0. The highest BCUT2D eigenvalue weighted by Gasteiger charge is 2.51. The van der Waals surface area contributed by atoms with Gasteiger partial charge in [-0.1, -0.05) is 18.2 Å². The van der Waals surface area contributed by atoms with Gasteiger partial charge in [0.2, 0.25) is 11.8 Å². The van der Waals surface area contributed by atoms with Crippen LogP contribution >= 0.6 is 0 Å². The summed E-state index contributed by atoms with van der Waals surface area (Å²) in [6, 6.07) is 10.8. The minimum Gasteiger partial charge on any atom is -0.497 e. The average molecular weight is 407 g/mol. The molecule has 0 saturated heterocycles. The zero-order chi connectivity index (χ0) is 21.1. The van der Waals surface area contributed by atoms with Crippen molar-refractivity contribution < 1.29 is 19.1 Å². The predicted octanol–water partition coefficient (Wildman–Crippen LogP) is 2.79. The molecule has 2 aromatic rings. The first-order valence-corrected chi connectivity index (χ1v) is 9.99. The largest absolute Gasteiger partial charge is 0.497 e. The van der Waals surface area contributed by atoms with Gasteiger partial charge >= 0.3 is 0 Å². The van der Waals surface area contributed by atoms with Crippen LogP contribution in [0.1, 0.15) is 12.1 Å². The molecule has 7 heteroatoms. The monoisotopic (exact) mass is 407 g/mol. The quantitative estimate of drug-likeness (QED) is 0.689. The average Bonchev–Trinajstić information content (AvgIpc) is 3.40. The molecule has 2 N–H and O–H groups in total. The van der Waals surface area contributed by atoms with Crippen LogP contribution in [0, 0.1) is 23.7 Å². The van der Waals surface area contributed by atoms with Crippen LogP contribution < -0.4 is 20.1 Å².